The Hall–Kier alpha value is -2.83. The van der Waals surface area contributed by atoms with Crippen molar-refractivity contribution in [3.63, 3.8) is 0 Å². The zero-order chi connectivity index (χ0) is 15.4. The Morgan fingerprint density at radius 1 is 1.36 bits per heavy atom. The molecule has 1 aromatic heterocycles. The van der Waals surface area contributed by atoms with Crippen LogP contribution in [0.15, 0.2) is 51.3 Å². The fourth-order valence-electron chi connectivity index (χ4n) is 2.10. The maximum atomic E-state index is 11.8. The molecule has 1 aliphatic carbocycles. The number of carbonyl (C=O) groups is 1. The summed E-state index contributed by atoms with van der Waals surface area (Å²) in [5, 5.41) is 4.00. The summed E-state index contributed by atoms with van der Waals surface area (Å²) in [4.78, 5) is 22.2. The predicted octanol–water partition coefficient (Wildman–Crippen LogP) is 1.89. The van der Waals surface area contributed by atoms with Crippen LogP contribution in [0.25, 0.3) is 5.88 Å². The van der Waals surface area contributed by atoms with Crippen molar-refractivity contribution < 1.29 is 18.7 Å². The van der Waals surface area contributed by atoms with Gasteiger partial charge in [0, 0.05) is 12.8 Å². The molecule has 3 rings (SSSR count). The highest BCUT2D eigenvalue weighted by atomic mass is 16.6. The van der Waals surface area contributed by atoms with Crippen LogP contribution in [-0.2, 0) is 20.7 Å². The molecule has 22 heavy (non-hydrogen) atoms. The van der Waals surface area contributed by atoms with Gasteiger partial charge in [-0.1, -0.05) is 18.2 Å². The molecule has 0 amide bonds. The minimum absolute atomic E-state index is 0.124. The molecule has 114 valence electrons. The molecular weight excluding hydrogens is 288 g/mol. The first kappa shape index (κ1) is 14.1. The molecule has 0 saturated carbocycles. The van der Waals surface area contributed by atoms with Gasteiger partial charge in [-0.2, -0.15) is 0 Å². The summed E-state index contributed by atoms with van der Waals surface area (Å²) >= 11 is 0. The molecule has 0 spiro atoms. The highest BCUT2D eigenvalue weighted by molar-refractivity contribution is 5.49. The fourth-order valence-corrected chi connectivity index (χ4v) is 2.10. The molecule has 0 unspecified atom stereocenters. The second-order valence-corrected chi connectivity index (χ2v) is 4.71. The van der Waals surface area contributed by atoms with Crippen LogP contribution in [-0.4, -0.2) is 16.1 Å². The van der Waals surface area contributed by atoms with Gasteiger partial charge in [0.15, 0.2) is 12.0 Å². The lowest BCUT2D eigenvalue weighted by molar-refractivity contribution is -0.107. The molecular formula is C15H14N2O5. The van der Waals surface area contributed by atoms with Gasteiger partial charge in [-0.25, -0.2) is 4.79 Å². The van der Waals surface area contributed by atoms with E-state index >= 15 is 0 Å². The van der Waals surface area contributed by atoms with Gasteiger partial charge in [0.1, 0.15) is 12.5 Å². The van der Waals surface area contributed by atoms with Crippen LogP contribution in [0.2, 0.25) is 0 Å². The number of carbonyl (C=O) groups excluding carboxylic acids is 1. The molecule has 0 radical (unpaired) electrons. The van der Waals surface area contributed by atoms with Crippen LogP contribution in [0.3, 0.4) is 0 Å². The topological polar surface area (TPSA) is 83.6 Å². The number of rotatable bonds is 5. The zero-order valence-electron chi connectivity index (χ0n) is 11.7. The van der Waals surface area contributed by atoms with E-state index in [1.165, 1.54) is 12.5 Å². The van der Waals surface area contributed by atoms with Crippen molar-refractivity contribution in [2.45, 2.75) is 25.7 Å². The Morgan fingerprint density at radius 3 is 3.05 bits per heavy atom. The van der Waals surface area contributed by atoms with E-state index in [0.717, 1.165) is 29.4 Å². The summed E-state index contributed by atoms with van der Waals surface area (Å²) in [5.41, 5.74) is 0.978. The van der Waals surface area contributed by atoms with Gasteiger partial charge in [-0.15, -0.1) is 9.78 Å². The number of aryl methyl sites for hydroxylation is 1. The summed E-state index contributed by atoms with van der Waals surface area (Å²) < 4.78 is 16.9. The summed E-state index contributed by atoms with van der Waals surface area (Å²) in [6.07, 6.45) is 11.7. The quantitative estimate of drug-likeness (QED) is 0.772. The smallest absolute Gasteiger partial charge is 0.444 e. The molecule has 0 atom stereocenters. The maximum absolute atomic E-state index is 11.8. The molecule has 7 nitrogen and oxygen atoms in total. The molecule has 0 saturated heterocycles. The zero-order valence-corrected chi connectivity index (χ0v) is 11.7. The van der Waals surface area contributed by atoms with Crippen LogP contribution in [0.4, 0.5) is 0 Å². The second kappa shape index (κ2) is 6.30. The standard InChI is InChI=1S/C15H14N2O5/c18-8-4-7-13-16-17(15(19)22-13)14-10-20-9-12(21-14)11-5-2-1-3-6-11/h1-2,5,8-10H,3-4,6-7H2. The predicted molar refractivity (Wildman–Crippen MR) is 76.1 cm³/mol. The highest BCUT2D eigenvalue weighted by Crippen LogP contribution is 2.27. The highest BCUT2D eigenvalue weighted by Gasteiger charge is 2.20. The van der Waals surface area contributed by atoms with Crippen molar-refractivity contribution in [3.8, 4) is 0 Å². The normalized spacial score (nSPS) is 17.0. The first-order valence-corrected chi connectivity index (χ1v) is 6.90. The minimum atomic E-state index is -0.686. The lowest BCUT2D eigenvalue weighted by atomic mass is 10.0. The second-order valence-electron chi connectivity index (χ2n) is 4.71. The average molecular weight is 302 g/mol. The molecule has 0 bridgehead atoms. The van der Waals surface area contributed by atoms with Gasteiger partial charge in [-0.3, -0.25) is 0 Å². The van der Waals surface area contributed by atoms with E-state index in [9.17, 15) is 9.59 Å². The van der Waals surface area contributed by atoms with Gasteiger partial charge < -0.3 is 18.7 Å². The van der Waals surface area contributed by atoms with Crippen LogP contribution in [0.1, 0.15) is 25.2 Å². The summed E-state index contributed by atoms with van der Waals surface area (Å²) in [7, 11) is 0. The lowest BCUT2D eigenvalue weighted by Crippen LogP contribution is -2.19. The van der Waals surface area contributed by atoms with E-state index in [2.05, 4.69) is 11.2 Å². The van der Waals surface area contributed by atoms with Crippen molar-refractivity contribution in [2.24, 2.45) is 0 Å². The molecule has 0 N–H and O–H groups in total. The average Bonchev–Trinajstić information content (AvgIpc) is 2.95. The van der Waals surface area contributed by atoms with Crippen molar-refractivity contribution in [1.82, 2.24) is 9.78 Å². The van der Waals surface area contributed by atoms with Crippen LogP contribution < -0.4 is 5.76 Å². The summed E-state index contributed by atoms with van der Waals surface area (Å²) in [6, 6.07) is 0. The molecule has 0 aromatic carbocycles. The molecule has 0 fully saturated rings. The summed E-state index contributed by atoms with van der Waals surface area (Å²) in [6.45, 7) is 0. The Morgan fingerprint density at radius 2 is 2.27 bits per heavy atom. The third kappa shape index (κ3) is 2.93. The Bertz CT molecular complexity index is 748. The number of aldehydes is 1. The van der Waals surface area contributed by atoms with Gasteiger partial charge in [0.2, 0.25) is 5.89 Å². The van der Waals surface area contributed by atoms with E-state index in [1.54, 1.807) is 0 Å². The van der Waals surface area contributed by atoms with E-state index in [-0.39, 0.29) is 24.6 Å². The number of aromatic nitrogens is 2. The van der Waals surface area contributed by atoms with Crippen LogP contribution in [0, 0.1) is 0 Å². The molecule has 1 aromatic rings. The first-order chi connectivity index (χ1) is 10.8. The SMILES string of the molecule is O=CCCc1nn(C2=COC=C(C3=CC=CCC3)O2)c(=O)o1. The molecule has 2 heterocycles. The molecule has 2 aliphatic rings. The number of nitrogens with zero attached hydrogens (tertiary/aromatic N) is 2. The van der Waals surface area contributed by atoms with Crippen molar-refractivity contribution in [2.75, 3.05) is 0 Å². The van der Waals surface area contributed by atoms with E-state index < -0.39 is 5.76 Å². The van der Waals surface area contributed by atoms with Crippen molar-refractivity contribution in [1.29, 1.82) is 0 Å². The Balaban J connectivity index is 1.78. The minimum Gasteiger partial charge on any atom is -0.463 e. The van der Waals surface area contributed by atoms with Crippen molar-refractivity contribution >= 4 is 12.2 Å². The lowest BCUT2D eigenvalue weighted by Gasteiger charge is -2.18. The monoisotopic (exact) mass is 302 g/mol. The van der Waals surface area contributed by atoms with E-state index in [4.69, 9.17) is 13.9 Å². The van der Waals surface area contributed by atoms with Crippen molar-refractivity contribution in [3.05, 3.63) is 58.5 Å². The van der Waals surface area contributed by atoms with Gasteiger partial charge in [0.05, 0.1) is 0 Å². The summed E-state index contributed by atoms with van der Waals surface area (Å²) in [5.74, 6) is 0.150. The number of hydrogen-bond acceptors (Lipinski definition) is 6. The van der Waals surface area contributed by atoms with Crippen LogP contribution >= 0.6 is 0 Å². The van der Waals surface area contributed by atoms with Gasteiger partial charge in [0.25, 0.3) is 5.88 Å². The van der Waals surface area contributed by atoms with Gasteiger partial charge >= 0.3 is 5.76 Å². The van der Waals surface area contributed by atoms with E-state index in [1.807, 2.05) is 12.2 Å². The third-order valence-electron chi connectivity index (χ3n) is 3.16. The largest absolute Gasteiger partial charge is 0.463 e. The van der Waals surface area contributed by atoms with Crippen LogP contribution in [0.5, 0.6) is 0 Å². The first-order valence-electron chi connectivity index (χ1n) is 6.90. The van der Waals surface area contributed by atoms with Gasteiger partial charge in [-0.05, 0) is 18.4 Å². The fraction of sp³-hybridized carbons (Fsp3) is 0.267. The maximum Gasteiger partial charge on any atom is 0.444 e. The Kier molecular flexibility index (Phi) is 4.04. The molecule has 7 heteroatoms. The molecule has 1 aliphatic heterocycles. The Labute approximate surface area is 125 Å². The third-order valence-corrected chi connectivity index (χ3v) is 3.16. The number of hydrogen-bond donors (Lipinski definition) is 0. The number of ether oxygens (including phenoxy) is 2. The van der Waals surface area contributed by atoms with E-state index in [0.29, 0.717) is 5.76 Å². The number of allylic oxidation sites excluding steroid dienone is 4.